The Labute approximate surface area is 122 Å². The Hall–Kier alpha value is -1.82. The molecule has 1 nitrogen and oxygen atoms in total. The molecule has 0 fully saturated rings. The highest BCUT2D eigenvalue weighted by atomic mass is 28.3. The maximum absolute atomic E-state index is 5.60. The van der Waals surface area contributed by atoms with Crippen LogP contribution < -0.4 is 5.19 Å². The zero-order valence-electron chi connectivity index (χ0n) is 12.1. The van der Waals surface area contributed by atoms with Gasteiger partial charge in [0, 0.05) is 0 Å². The topological polar surface area (TPSA) is 9.23 Å². The summed E-state index contributed by atoms with van der Waals surface area (Å²) in [6, 6.07) is 20.7. The van der Waals surface area contributed by atoms with Gasteiger partial charge in [0.1, 0.15) is 6.61 Å². The molecule has 0 bridgehead atoms. The Balaban J connectivity index is 1.85. The van der Waals surface area contributed by atoms with Crippen LogP contribution >= 0.6 is 0 Å². The quantitative estimate of drug-likeness (QED) is 0.474. The van der Waals surface area contributed by atoms with Gasteiger partial charge in [0.05, 0.1) is 6.61 Å². The Morgan fingerprint density at radius 1 is 0.900 bits per heavy atom. The van der Waals surface area contributed by atoms with Gasteiger partial charge in [0.2, 0.25) is 0 Å². The summed E-state index contributed by atoms with van der Waals surface area (Å²) in [6.07, 6.45) is 0. The molecule has 0 radical (unpaired) electrons. The molecule has 0 heterocycles. The molecule has 0 aliphatic rings. The van der Waals surface area contributed by atoms with Crippen LogP contribution in [0.4, 0.5) is 0 Å². The molecule has 2 aromatic rings. The lowest BCUT2D eigenvalue weighted by Gasteiger charge is -2.14. The zero-order valence-corrected chi connectivity index (χ0v) is 13.1. The van der Waals surface area contributed by atoms with Crippen LogP contribution in [0.2, 0.25) is 13.1 Å². The molecule has 2 heteroatoms. The fourth-order valence-corrected chi connectivity index (χ4v) is 3.66. The molecule has 0 spiro atoms. The molecule has 102 valence electrons. The standard InChI is InChI=1S/C18H20OSi/c1-20(2,18-12-7-4-8-13-18)15-9-14-19-16-17-10-5-3-6-11-17/h3-8,10-13H,14,16H2,1-2H3. The van der Waals surface area contributed by atoms with Crippen molar-refractivity contribution in [2.75, 3.05) is 6.61 Å². The average molecular weight is 280 g/mol. The first-order chi connectivity index (χ1) is 9.68. The summed E-state index contributed by atoms with van der Waals surface area (Å²) in [4.78, 5) is 0. The van der Waals surface area contributed by atoms with E-state index in [-0.39, 0.29) is 0 Å². The molecule has 2 aromatic carbocycles. The molecule has 2 rings (SSSR count). The summed E-state index contributed by atoms with van der Waals surface area (Å²) in [6.45, 7) is 5.67. The van der Waals surface area contributed by atoms with Crippen LogP contribution in [0.25, 0.3) is 0 Å². The first-order valence-corrected chi connectivity index (χ1v) is 9.86. The fraction of sp³-hybridized carbons (Fsp3) is 0.222. The number of benzene rings is 2. The van der Waals surface area contributed by atoms with Crippen molar-refractivity contribution in [3.63, 3.8) is 0 Å². The van der Waals surface area contributed by atoms with E-state index in [1.165, 1.54) is 10.8 Å². The second kappa shape index (κ2) is 7.09. The summed E-state index contributed by atoms with van der Waals surface area (Å²) < 4.78 is 5.60. The first-order valence-electron chi connectivity index (χ1n) is 6.86. The van der Waals surface area contributed by atoms with E-state index in [2.05, 4.69) is 61.0 Å². The van der Waals surface area contributed by atoms with Crippen molar-refractivity contribution < 1.29 is 4.74 Å². The van der Waals surface area contributed by atoms with Gasteiger partial charge in [-0.1, -0.05) is 79.7 Å². The first kappa shape index (κ1) is 14.6. The van der Waals surface area contributed by atoms with Crippen molar-refractivity contribution >= 4 is 13.3 Å². The Morgan fingerprint density at radius 3 is 2.15 bits per heavy atom. The summed E-state index contributed by atoms with van der Waals surface area (Å²) in [5.41, 5.74) is 4.61. The highest BCUT2D eigenvalue weighted by Gasteiger charge is 2.19. The van der Waals surface area contributed by atoms with Gasteiger partial charge >= 0.3 is 0 Å². The molecule has 0 saturated carbocycles. The minimum atomic E-state index is -1.65. The van der Waals surface area contributed by atoms with E-state index in [4.69, 9.17) is 4.74 Å². The minimum absolute atomic E-state index is 0.498. The van der Waals surface area contributed by atoms with Crippen molar-refractivity contribution in [2.45, 2.75) is 19.7 Å². The molecule has 0 N–H and O–H groups in total. The van der Waals surface area contributed by atoms with Crippen LogP contribution in [0.3, 0.4) is 0 Å². The number of hydrogen-bond donors (Lipinski definition) is 0. The smallest absolute Gasteiger partial charge is 0.162 e. The maximum atomic E-state index is 5.60. The SMILES string of the molecule is C[Si](C)(C#CCOCc1ccccc1)c1ccccc1. The number of ether oxygens (including phenoxy) is 1. The third-order valence-electron chi connectivity index (χ3n) is 3.18. The maximum Gasteiger partial charge on any atom is 0.162 e. The molecule has 0 aromatic heterocycles. The van der Waals surface area contributed by atoms with E-state index in [0.717, 1.165) is 0 Å². The predicted molar refractivity (Wildman–Crippen MR) is 87.4 cm³/mol. The highest BCUT2D eigenvalue weighted by Crippen LogP contribution is 2.02. The van der Waals surface area contributed by atoms with E-state index < -0.39 is 8.07 Å². The second-order valence-electron chi connectivity index (χ2n) is 5.27. The van der Waals surface area contributed by atoms with Gasteiger partial charge in [0.15, 0.2) is 8.07 Å². The summed E-state index contributed by atoms with van der Waals surface area (Å²) in [5.74, 6) is 3.18. The van der Waals surface area contributed by atoms with E-state index in [1.807, 2.05) is 24.3 Å². The molecule has 0 amide bonds. The summed E-state index contributed by atoms with van der Waals surface area (Å²) >= 11 is 0. The van der Waals surface area contributed by atoms with E-state index in [9.17, 15) is 0 Å². The largest absolute Gasteiger partial charge is 0.364 e. The third-order valence-corrected chi connectivity index (χ3v) is 5.76. The Bertz CT molecular complexity index is 579. The second-order valence-corrected chi connectivity index (χ2v) is 9.35. The van der Waals surface area contributed by atoms with Gasteiger partial charge in [0.25, 0.3) is 0 Å². The van der Waals surface area contributed by atoms with Crippen molar-refractivity contribution in [3.05, 3.63) is 66.2 Å². The fourth-order valence-electron chi connectivity index (χ4n) is 1.98. The lowest BCUT2D eigenvalue weighted by Crippen LogP contribution is -2.40. The van der Waals surface area contributed by atoms with Crippen LogP contribution in [-0.2, 0) is 11.3 Å². The molecule has 0 aliphatic heterocycles. The van der Waals surface area contributed by atoms with Gasteiger partial charge in [-0.2, -0.15) is 0 Å². The van der Waals surface area contributed by atoms with Gasteiger partial charge in [-0.05, 0) is 10.8 Å². The molecular weight excluding hydrogens is 260 g/mol. The van der Waals surface area contributed by atoms with E-state index in [1.54, 1.807) is 0 Å². The molecular formula is C18H20OSi. The van der Waals surface area contributed by atoms with Crippen molar-refractivity contribution in [1.82, 2.24) is 0 Å². The van der Waals surface area contributed by atoms with E-state index >= 15 is 0 Å². The van der Waals surface area contributed by atoms with Crippen LogP contribution in [0.1, 0.15) is 5.56 Å². The van der Waals surface area contributed by atoms with Gasteiger partial charge < -0.3 is 4.74 Å². The average Bonchev–Trinajstić information content (AvgIpc) is 2.49. The van der Waals surface area contributed by atoms with Crippen molar-refractivity contribution in [1.29, 1.82) is 0 Å². The van der Waals surface area contributed by atoms with Crippen LogP contribution in [0, 0.1) is 11.5 Å². The minimum Gasteiger partial charge on any atom is -0.364 e. The van der Waals surface area contributed by atoms with E-state index in [0.29, 0.717) is 13.2 Å². The summed E-state index contributed by atoms with van der Waals surface area (Å²) in [5, 5.41) is 1.37. The Kier molecular flexibility index (Phi) is 5.17. The highest BCUT2D eigenvalue weighted by molar-refractivity contribution is 6.96. The summed E-state index contributed by atoms with van der Waals surface area (Å²) in [7, 11) is -1.65. The molecule has 0 saturated heterocycles. The number of rotatable bonds is 4. The predicted octanol–water partition coefficient (Wildman–Crippen LogP) is 3.36. The molecule has 0 aliphatic carbocycles. The van der Waals surface area contributed by atoms with Gasteiger partial charge in [-0.15, -0.1) is 5.54 Å². The van der Waals surface area contributed by atoms with Gasteiger partial charge in [-0.3, -0.25) is 0 Å². The lowest BCUT2D eigenvalue weighted by atomic mass is 10.2. The van der Waals surface area contributed by atoms with Crippen LogP contribution in [-0.4, -0.2) is 14.7 Å². The van der Waals surface area contributed by atoms with Crippen molar-refractivity contribution in [2.24, 2.45) is 0 Å². The Morgan fingerprint density at radius 2 is 1.50 bits per heavy atom. The third kappa shape index (κ3) is 4.38. The normalized spacial score (nSPS) is 10.7. The van der Waals surface area contributed by atoms with Crippen LogP contribution in [0.15, 0.2) is 60.7 Å². The van der Waals surface area contributed by atoms with Crippen LogP contribution in [0.5, 0.6) is 0 Å². The monoisotopic (exact) mass is 280 g/mol. The number of hydrogen-bond acceptors (Lipinski definition) is 1. The lowest BCUT2D eigenvalue weighted by molar-refractivity contribution is 0.153. The zero-order chi connectivity index (χ0) is 14.3. The van der Waals surface area contributed by atoms with Gasteiger partial charge in [-0.25, -0.2) is 0 Å². The van der Waals surface area contributed by atoms with Crippen molar-refractivity contribution in [3.8, 4) is 11.5 Å². The molecule has 0 unspecified atom stereocenters. The molecule has 0 atom stereocenters. The molecule has 20 heavy (non-hydrogen) atoms.